The molecular formula is C19H31ClN4O2. The predicted molar refractivity (Wildman–Crippen MR) is 105 cm³/mol. The number of aromatic amines is 1. The lowest BCUT2D eigenvalue weighted by Crippen LogP contribution is -2.38. The summed E-state index contributed by atoms with van der Waals surface area (Å²) < 4.78 is 0. The highest BCUT2D eigenvalue weighted by molar-refractivity contribution is 5.92. The molecular weight excluding hydrogens is 352 g/mol. The van der Waals surface area contributed by atoms with Gasteiger partial charge in [0.15, 0.2) is 0 Å². The van der Waals surface area contributed by atoms with E-state index in [0.29, 0.717) is 17.0 Å². The largest absolute Gasteiger partial charge is 0.345 e. The van der Waals surface area contributed by atoms with Crippen LogP contribution in [0.5, 0.6) is 0 Å². The van der Waals surface area contributed by atoms with Crippen molar-refractivity contribution in [2.45, 2.75) is 52.4 Å². The first-order valence-electron chi connectivity index (χ1n) is 9.58. The minimum absolute atomic E-state index is 0. The van der Waals surface area contributed by atoms with Gasteiger partial charge in [0.1, 0.15) is 5.69 Å². The second-order valence-corrected chi connectivity index (χ2v) is 8.09. The van der Waals surface area contributed by atoms with Gasteiger partial charge in [-0.05, 0) is 69.0 Å². The highest BCUT2D eigenvalue weighted by Crippen LogP contribution is 2.39. The third kappa shape index (κ3) is 5.07. The molecule has 3 heterocycles. The molecule has 1 aromatic heterocycles. The van der Waals surface area contributed by atoms with E-state index in [1.807, 2.05) is 4.90 Å². The summed E-state index contributed by atoms with van der Waals surface area (Å²) in [6.45, 7) is 7.89. The molecule has 1 aromatic rings. The molecule has 146 valence electrons. The van der Waals surface area contributed by atoms with E-state index >= 15 is 0 Å². The Morgan fingerprint density at radius 3 is 2.65 bits per heavy atom. The topological polar surface area (TPSA) is 78.1 Å². The average molecular weight is 383 g/mol. The van der Waals surface area contributed by atoms with Gasteiger partial charge in [0.05, 0.1) is 0 Å². The fourth-order valence-corrected chi connectivity index (χ4v) is 4.24. The standard InChI is InChI=1S/C19H30N4O2.ClH/c1-14(2)12-15-13-16(22-18(25)21-15)17(24)23-10-3-4-19(7-11-23)5-8-20-9-6-19;/h13-14,20H,3-12H2,1-2H3,(H,21,22,25);1H. The van der Waals surface area contributed by atoms with Crippen molar-refractivity contribution in [2.24, 2.45) is 11.3 Å². The van der Waals surface area contributed by atoms with Crippen LogP contribution in [0.25, 0.3) is 0 Å². The van der Waals surface area contributed by atoms with E-state index < -0.39 is 5.69 Å². The normalized spacial score (nSPS) is 19.9. The highest BCUT2D eigenvalue weighted by Gasteiger charge is 2.35. The molecule has 1 spiro atoms. The number of aromatic nitrogens is 2. The number of rotatable bonds is 3. The zero-order valence-electron chi connectivity index (χ0n) is 15.8. The van der Waals surface area contributed by atoms with Crippen molar-refractivity contribution in [3.63, 3.8) is 0 Å². The van der Waals surface area contributed by atoms with E-state index in [9.17, 15) is 9.59 Å². The summed E-state index contributed by atoms with van der Waals surface area (Å²) in [4.78, 5) is 33.3. The van der Waals surface area contributed by atoms with Gasteiger partial charge in [0.2, 0.25) is 0 Å². The first kappa shape index (κ1) is 20.9. The molecule has 2 aliphatic rings. The molecule has 26 heavy (non-hydrogen) atoms. The Labute approximate surface area is 161 Å². The van der Waals surface area contributed by atoms with E-state index in [0.717, 1.165) is 51.1 Å². The van der Waals surface area contributed by atoms with Crippen molar-refractivity contribution in [3.8, 4) is 0 Å². The number of nitrogens with one attached hydrogen (secondary N) is 2. The fourth-order valence-electron chi connectivity index (χ4n) is 4.24. The molecule has 7 heteroatoms. The van der Waals surface area contributed by atoms with Crippen molar-refractivity contribution in [3.05, 3.63) is 27.9 Å². The van der Waals surface area contributed by atoms with Crippen molar-refractivity contribution < 1.29 is 4.79 Å². The minimum Gasteiger partial charge on any atom is -0.337 e. The van der Waals surface area contributed by atoms with Crippen molar-refractivity contribution in [2.75, 3.05) is 26.2 Å². The van der Waals surface area contributed by atoms with Gasteiger partial charge in [-0.3, -0.25) is 4.79 Å². The van der Waals surface area contributed by atoms with Gasteiger partial charge in [-0.2, -0.15) is 4.98 Å². The molecule has 2 N–H and O–H groups in total. The summed E-state index contributed by atoms with van der Waals surface area (Å²) >= 11 is 0. The molecule has 0 bridgehead atoms. The predicted octanol–water partition coefficient (Wildman–Crippen LogP) is 2.39. The Morgan fingerprint density at radius 1 is 1.23 bits per heavy atom. The molecule has 0 atom stereocenters. The van der Waals surface area contributed by atoms with Gasteiger partial charge in [-0.1, -0.05) is 13.8 Å². The molecule has 0 unspecified atom stereocenters. The number of nitrogens with zero attached hydrogens (tertiary/aromatic N) is 2. The first-order chi connectivity index (χ1) is 12.0. The zero-order valence-corrected chi connectivity index (χ0v) is 16.7. The Balaban J connectivity index is 0.00000243. The van der Waals surface area contributed by atoms with Gasteiger partial charge in [-0.25, -0.2) is 4.79 Å². The Morgan fingerprint density at radius 2 is 1.96 bits per heavy atom. The fraction of sp³-hybridized carbons (Fsp3) is 0.737. The van der Waals surface area contributed by atoms with Gasteiger partial charge < -0.3 is 15.2 Å². The minimum atomic E-state index is -0.425. The quantitative estimate of drug-likeness (QED) is 0.841. The zero-order chi connectivity index (χ0) is 17.9. The first-order valence-corrected chi connectivity index (χ1v) is 9.58. The van der Waals surface area contributed by atoms with E-state index in [1.54, 1.807) is 6.07 Å². The third-order valence-corrected chi connectivity index (χ3v) is 5.65. The van der Waals surface area contributed by atoms with Crippen molar-refractivity contribution in [1.82, 2.24) is 20.2 Å². The summed E-state index contributed by atoms with van der Waals surface area (Å²) in [6.07, 6.45) is 6.44. The SMILES string of the molecule is CC(C)Cc1cc(C(=O)N2CCCC3(CCNCC3)CC2)nc(=O)[nH]1.Cl. The van der Waals surface area contributed by atoms with Gasteiger partial charge in [0.25, 0.3) is 5.91 Å². The van der Waals surface area contributed by atoms with E-state index in [1.165, 1.54) is 19.3 Å². The molecule has 0 saturated carbocycles. The number of halogens is 1. The third-order valence-electron chi connectivity index (χ3n) is 5.65. The second kappa shape index (κ2) is 9.00. The van der Waals surface area contributed by atoms with Crippen LogP contribution in [0.4, 0.5) is 0 Å². The number of likely N-dealkylation sites (tertiary alicyclic amines) is 1. The molecule has 3 rings (SSSR count). The van der Waals surface area contributed by atoms with Crippen molar-refractivity contribution >= 4 is 18.3 Å². The van der Waals surface area contributed by atoms with Crippen molar-refractivity contribution in [1.29, 1.82) is 0 Å². The Hall–Kier alpha value is -1.40. The molecule has 2 aliphatic heterocycles. The summed E-state index contributed by atoms with van der Waals surface area (Å²) in [7, 11) is 0. The molecule has 0 radical (unpaired) electrons. The van der Waals surface area contributed by atoms with Crippen LogP contribution in [0.15, 0.2) is 10.9 Å². The molecule has 2 saturated heterocycles. The van der Waals surface area contributed by atoms with Crippen LogP contribution in [-0.4, -0.2) is 47.0 Å². The summed E-state index contributed by atoms with van der Waals surface area (Å²) in [5.41, 5.74) is 1.06. The Bertz CT molecular complexity index is 668. The molecule has 0 aromatic carbocycles. The van der Waals surface area contributed by atoms with Crippen LogP contribution in [0.1, 0.15) is 62.1 Å². The van der Waals surface area contributed by atoms with Gasteiger partial charge in [0, 0.05) is 18.8 Å². The van der Waals surface area contributed by atoms with Gasteiger partial charge in [-0.15, -0.1) is 12.4 Å². The molecule has 6 nitrogen and oxygen atoms in total. The number of amides is 1. The summed E-state index contributed by atoms with van der Waals surface area (Å²) in [5, 5.41) is 3.44. The van der Waals surface area contributed by atoms with Gasteiger partial charge >= 0.3 is 5.69 Å². The molecule has 2 fully saturated rings. The number of piperidine rings is 1. The summed E-state index contributed by atoms with van der Waals surface area (Å²) in [5.74, 6) is 0.320. The lowest BCUT2D eigenvalue weighted by molar-refractivity contribution is 0.0744. The van der Waals surface area contributed by atoms with Crippen LogP contribution in [0.3, 0.4) is 0 Å². The molecule has 0 aliphatic carbocycles. The number of carbonyl (C=O) groups is 1. The number of carbonyl (C=O) groups excluding carboxylic acids is 1. The van der Waals surface area contributed by atoms with Crippen LogP contribution in [-0.2, 0) is 6.42 Å². The monoisotopic (exact) mass is 382 g/mol. The Kier molecular flexibility index (Phi) is 7.24. The summed E-state index contributed by atoms with van der Waals surface area (Å²) in [6, 6.07) is 1.76. The van der Waals surface area contributed by atoms with E-state index in [4.69, 9.17) is 0 Å². The lowest BCUT2D eigenvalue weighted by Gasteiger charge is -2.37. The maximum atomic E-state index is 12.9. The average Bonchev–Trinajstić information content (AvgIpc) is 2.76. The number of H-pyrrole nitrogens is 1. The van der Waals surface area contributed by atoms with Crippen LogP contribution in [0, 0.1) is 11.3 Å². The lowest BCUT2D eigenvalue weighted by atomic mass is 9.73. The molecule has 1 amide bonds. The number of hydrogen-bond acceptors (Lipinski definition) is 4. The van der Waals surface area contributed by atoms with Crippen LogP contribution >= 0.6 is 12.4 Å². The maximum absolute atomic E-state index is 12.9. The smallest absolute Gasteiger partial charge is 0.337 e. The van der Waals surface area contributed by atoms with Crippen LogP contribution < -0.4 is 11.0 Å². The van der Waals surface area contributed by atoms with E-state index in [-0.39, 0.29) is 18.3 Å². The van der Waals surface area contributed by atoms with E-state index in [2.05, 4.69) is 29.1 Å². The number of hydrogen-bond donors (Lipinski definition) is 2. The van der Waals surface area contributed by atoms with Crippen LogP contribution in [0.2, 0.25) is 0 Å². The second-order valence-electron chi connectivity index (χ2n) is 8.09. The highest BCUT2D eigenvalue weighted by atomic mass is 35.5. The maximum Gasteiger partial charge on any atom is 0.345 e.